The monoisotopic (exact) mass is 1710 g/mol. The smallest absolute Gasteiger partial charge is 0.134 e. The summed E-state index contributed by atoms with van der Waals surface area (Å²) < 4.78 is 17.5. The van der Waals surface area contributed by atoms with Gasteiger partial charge in [-0.1, -0.05) is 200 Å². The van der Waals surface area contributed by atoms with Gasteiger partial charge in [0.15, 0.2) is 0 Å². The standard InChI is InChI=1S/C14H19N.C14H17N.C14H19N.C13H19N.2C12H15NO.C12H13NO.C12H17N.C10H15NS/c2*1-15-10-8-14(9-11-15)7-6-12-4-2-3-5-13(12)14;1-15-9-8-14-12(10-15)7-6-11-4-2-3-5-13(11)14;1-14-9-5-8-13(11-14)10-12-6-3-2-4-7-12;1-13-7-6-9-10-4-2-3-5-12(10)14-8-11(9)13;2*1-13-7-6-10-9-4-2-3-5-11(9)14-12(10)8-13;1-13-9-7-12(8-10-13)11-5-3-2-4-6-11;1-11-5-2-9(3-6-11)10-4-7-12-8-10/h2-5H,6-11H2,1H3;2-7H,8-11H2,1H3;2-5,12,14H,6-10H2,1H3;2-4,6-7,13H,5,8-11H2,1H3;2-5,9,11H,6-8H2,1H3;2-5,10,12H,6-8H2,1H3;2-5H,6-8H2,1H3;2-6,12H,7-10H2,1H3;4,7-9H,2-3,5-6H2,1H3/t;;12-,14-;;;10-,12-;;;/m..0..1.../s1. The number of furan rings is 1. The number of allylic oxidation sites excluding steroid dienone is 1. The van der Waals surface area contributed by atoms with Gasteiger partial charge in [-0.25, -0.2) is 0 Å². The number of para-hydroxylation sites is 3. The van der Waals surface area contributed by atoms with Crippen LogP contribution in [0.15, 0.2) is 234 Å². The zero-order chi connectivity index (χ0) is 86.8. The van der Waals surface area contributed by atoms with Crippen molar-refractivity contribution in [2.75, 3.05) is 175 Å². The minimum atomic E-state index is 0.364. The fourth-order valence-electron chi connectivity index (χ4n) is 23.4. The van der Waals surface area contributed by atoms with Gasteiger partial charge in [-0.05, 0) is 390 Å². The summed E-state index contributed by atoms with van der Waals surface area (Å²) in [5.41, 5.74) is 20.3. The number of piperidine rings is 7. The lowest BCUT2D eigenvalue weighted by atomic mass is 9.72. The van der Waals surface area contributed by atoms with Gasteiger partial charge in [-0.15, -0.1) is 0 Å². The predicted molar refractivity (Wildman–Crippen MR) is 528 cm³/mol. The maximum absolute atomic E-state index is 5.94. The number of fused-ring (bicyclic) bond motifs is 16. The van der Waals surface area contributed by atoms with Crippen LogP contribution in [-0.4, -0.2) is 231 Å². The van der Waals surface area contributed by atoms with Gasteiger partial charge in [0.25, 0.3) is 0 Å². The zero-order valence-electron chi connectivity index (χ0n) is 78.0. The molecular formula is C113H149N9O3S. The van der Waals surface area contributed by atoms with E-state index in [9.17, 15) is 0 Å². The molecule has 0 amide bonds. The van der Waals surface area contributed by atoms with Crippen LogP contribution in [-0.2, 0) is 43.1 Å². The Hall–Kier alpha value is -8.02. The Balaban J connectivity index is 0.000000104. The zero-order valence-corrected chi connectivity index (χ0v) is 78.9. The van der Waals surface area contributed by atoms with E-state index in [0.717, 1.165) is 85.1 Å². The Labute approximate surface area is 762 Å². The summed E-state index contributed by atoms with van der Waals surface area (Å²) in [4.78, 5) is 21.7. The van der Waals surface area contributed by atoms with Gasteiger partial charge in [0.05, 0.1) is 12.6 Å². The molecule has 14 aliphatic rings. The summed E-state index contributed by atoms with van der Waals surface area (Å²) in [6.45, 7) is 21.6. The molecule has 0 radical (unpaired) electrons. The van der Waals surface area contributed by atoms with Crippen molar-refractivity contribution in [3.63, 3.8) is 0 Å². The molecule has 8 fully saturated rings. The first-order valence-corrected chi connectivity index (χ1v) is 49.7. The predicted octanol–water partition coefficient (Wildman–Crippen LogP) is 21.7. The van der Waals surface area contributed by atoms with E-state index < -0.39 is 0 Å². The van der Waals surface area contributed by atoms with Crippen molar-refractivity contribution >= 4 is 28.4 Å². The highest BCUT2D eigenvalue weighted by atomic mass is 32.1. The third kappa shape index (κ3) is 23.2. The van der Waals surface area contributed by atoms with Crippen molar-refractivity contribution in [2.24, 2.45) is 11.8 Å². The Morgan fingerprint density at radius 2 is 0.976 bits per heavy atom. The topological polar surface area (TPSA) is 60.8 Å². The number of aryl methyl sites for hydroxylation is 2. The lowest BCUT2D eigenvalue weighted by Gasteiger charge is -2.41. The van der Waals surface area contributed by atoms with Crippen molar-refractivity contribution in [3.8, 4) is 11.5 Å². The van der Waals surface area contributed by atoms with Crippen molar-refractivity contribution < 1.29 is 13.9 Å². The fourth-order valence-corrected chi connectivity index (χ4v) is 24.1. The molecule has 12 nitrogen and oxygen atoms in total. The van der Waals surface area contributed by atoms with Crippen LogP contribution in [0.1, 0.15) is 198 Å². The van der Waals surface area contributed by atoms with E-state index in [1.54, 1.807) is 33.4 Å². The normalized spacial score (nSPS) is 24.8. The van der Waals surface area contributed by atoms with Gasteiger partial charge in [0, 0.05) is 59.9 Å². The highest BCUT2D eigenvalue weighted by Gasteiger charge is 2.43. The van der Waals surface area contributed by atoms with Gasteiger partial charge in [-0.2, -0.15) is 11.3 Å². The highest BCUT2D eigenvalue weighted by Crippen LogP contribution is 2.49. The number of likely N-dealkylation sites (N-methyl/N-ethyl adjacent to an activating group) is 3. The second-order valence-corrected chi connectivity index (χ2v) is 40.8. The number of hydrogen-bond donors (Lipinski definition) is 0. The number of benzene rings is 8. The maximum Gasteiger partial charge on any atom is 0.134 e. The molecule has 2 spiro atoms. The third-order valence-electron chi connectivity index (χ3n) is 31.2. The lowest BCUT2D eigenvalue weighted by Crippen LogP contribution is -2.40. The molecule has 3 unspecified atom stereocenters. The molecule has 0 bridgehead atoms. The van der Waals surface area contributed by atoms with Gasteiger partial charge < -0.3 is 48.2 Å². The van der Waals surface area contributed by atoms with E-state index in [1.807, 2.05) is 23.5 Å². The van der Waals surface area contributed by atoms with E-state index in [4.69, 9.17) is 13.9 Å². The lowest BCUT2D eigenvalue weighted by molar-refractivity contribution is 0.108. The van der Waals surface area contributed by atoms with Gasteiger partial charge >= 0.3 is 0 Å². The third-order valence-corrected chi connectivity index (χ3v) is 31.9. The SMILES string of the molecule is CN1CCC(c2ccccc2)CC1.CN1CCC(c2ccsc2)CC1.CN1CCC2(C=Cc3ccccc32)CC1.CN1CCC2(CCc3ccccc32)CC1.CN1CCC2c3ccccc3OCC21.CN1CCCC(Cc2ccccc2)C1.CN1CC[C@@H]2c3ccccc3CC[C@H]2C1.CN1CC[C@@H]2c3ccccc3O[C@@H]2C1.CN1CCc2c(oc3ccccc23)C1. The highest BCUT2D eigenvalue weighted by molar-refractivity contribution is 7.08. The molecule has 3 aliphatic carbocycles. The summed E-state index contributed by atoms with van der Waals surface area (Å²) in [5.74, 6) is 8.99. The van der Waals surface area contributed by atoms with E-state index in [2.05, 4.69) is 331 Å². The number of ether oxygens (including phenoxy) is 2. The average molecular weight is 1710 g/mol. The molecule has 13 heteroatoms. The first-order chi connectivity index (χ1) is 61.6. The van der Waals surface area contributed by atoms with Crippen LogP contribution in [0.3, 0.4) is 0 Å². The molecule has 7 atom stereocenters. The van der Waals surface area contributed by atoms with Crippen LogP contribution >= 0.6 is 11.3 Å². The molecular weight excluding hydrogens is 1560 g/mol. The molecule has 10 aromatic rings. The summed E-state index contributed by atoms with van der Waals surface area (Å²) >= 11 is 1.82. The molecule has 2 aromatic heterocycles. The van der Waals surface area contributed by atoms with Crippen LogP contribution in [0, 0.1) is 11.8 Å². The van der Waals surface area contributed by atoms with Crippen LogP contribution in [0.4, 0.5) is 0 Å². The van der Waals surface area contributed by atoms with E-state index in [0.29, 0.717) is 34.8 Å². The maximum atomic E-state index is 5.94. The molecule has 0 saturated carbocycles. The molecule has 24 rings (SSSR count). The first kappa shape index (κ1) is 91.3. The fraction of sp³-hybridized carbons (Fsp3) is 0.504. The summed E-state index contributed by atoms with van der Waals surface area (Å²) in [7, 11) is 19.9. The minimum absolute atomic E-state index is 0.364. The van der Waals surface area contributed by atoms with Crippen molar-refractivity contribution in [1.29, 1.82) is 0 Å². The van der Waals surface area contributed by atoms with Crippen LogP contribution in [0.2, 0.25) is 0 Å². The van der Waals surface area contributed by atoms with Crippen LogP contribution in [0.25, 0.3) is 17.0 Å². The number of thiophene rings is 1. The number of rotatable bonds is 4. The average Bonchev–Trinajstić information content (AvgIpc) is 1.58. The molecule has 8 saturated heterocycles. The van der Waals surface area contributed by atoms with E-state index in [-0.39, 0.29) is 0 Å². The number of nitrogens with zero attached hydrogens (tertiary/aromatic N) is 9. The van der Waals surface area contributed by atoms with Gasteiger partial charge in [0.1, 0.15) is 35.6 Å². The molecule has 126 heavy (non-hydrogen) atoms. The second-order valence-electron chi connectivity index (χ2n) is 40.0. The van der Waals surface area contributed by atoms with Crippen molar-refractivity contribution in [3.05, 3.63) is 302 Å². The number of hydrogen-bond acceptors (Lipinski definition) is 13. The van der Waals surface area contributed by atoms with Crippen LogP contribution in [0.5, 0.6) is 11.5 Å². The summed E-state index contributed by atoms with van der Waals surface area (Å²) in [5, 5.41) is 5.79. The molecule has 0 N–H and O–H groups in total. The molecule has 11 aliphatic heterocycles. The largest absolute Gasteiger partial charge is 0.492 e. The van der Waals surface area contributed by atoms with Gasteiger partial charge in [0.2, 0.25) is 0 Å². The van der Waals surface area contributed by atoms with Crippen molar-refractivity contribution in [2.45, 2.75) is 181 Å². The second kappa shape index (κ2) is 44.1. The summed E-state index contributed by atoms with van der Waals surface area (Å²) in [6, 6.07) is 76.9. The quantitative estimate of drug-likeness (QED) is 0.169. The Bertz CT molecular complexity index is 4990. The molecule has 13 heterocycles. The van der Waals surface area contributed by atoms with Crippen LogP contribution < -0.4 is 9.47 Å². The van der Waals surface area contributed by atoms with Gasteiger partial charge in [-0.3, -0.25) is 9.80 Å². The van der Waals surface area contributed by atoms with E-state index >= 15 is 0 Å². The Morgan fingerprint density at radius 3 is 1.69 bits per heavy atom. The Morgan fingerprint density at radius 1 is 0.405 bits per heavy atom. The number of likely N-dealkylation sites (tertiary alicyclic amines) is 8. The summed E-state index contributed by atoms with van der Waals surface area (Å²) in [6.07, 6.45) is 30.1. The molecule has 8 aromatic carbocycles. The van der Waals surface area contributed by atoms with E-state index in [1.165, 1.54) is 246 Å². The van der Waals surface area contributed by atoms with Crippen molar-refractivity contribution in [1.82, 2.24) is 44.1 Å². The first-order valence-electron chi connectivity index (χ1n) is 48.8. The Kier molecular flexibility index (Phi) is 31.9. The minimum Gasteiger partial charge on any atom is -0.492 e. The molecule has 670 valence electrons.